The molecular formula is C17H15FN2O5. The van der Waals surface area contributed by atoms with Gasteiger partial charge in [0.15, 0.2) is 6.61 Å². The summed E-state index contributed by atoms with van der Waals surface area (Å²) in [4.78, 5) is 34.2. The van der Waals surface area contributed by atoms with E-state index >= 15 is 0 Å². The van der Waals surface area contributed by atoms with Gasteiger partial charge in [-0.05, 0) is 37.6 Å². The molecule has 0 fully saturated rings. The number of hydrogen-bond donors (Lipinski definition) is 1. The number of halogens is 1. The van der Waals surface area contributed by atoms with E-state index in [-0.39, 0.29) is 22.5 Å². The van der Waals surface area contributed by atoms with Crippen LogP contribution in [0.25, 0.3) is 0 Å². The molecule has 25 heavy (non-hydrogen) atoms. The third-order valence-corrected chi connectivity index (χ3v) is 3.53. The summed E-state index contributed by atoms with van der Waals surface area (Å²) in [5, 5.41) is 13.3. The molecule has 0 unspecified atom stereocenters. The summed E-state index contributed by atoms with van der Waals surface area (Å²) in [6.07, 6.45) is 0. The molecule has 0 aliphatic heterocycles. The van der Waals surface area contributed by atoms with Gasteiger partial charge < -0.3 is 10.1 Å². The van der Waals surface area contributed by atoms with E-state index in [1.807, 2.05) is 0 Å². The highest BCUT2D eigenvalue weighted by Gasteiger charge is 2.19. The van der Waals surface area contributed by atoms with Gasteiger partial charge in [-0.3, -0.25) is 14.9 Å². The normalized spacial score (nSPS) is 10.2. The SMILES string of the molecule is Cc1ccc(F)cc1NC(=O)COC(=O)c1cccc([N+](=O)[O-])c1C. The number of rotatable bonds is 5. The lowest BCUT2D eigenvalue weighted by Gasteiger charge is -2.10. The van der Waals surface area contributed by atoms with Crippen LogP contribution in [0.4, 0.5) is 15.8 Å². The summed E-state index contributed by atoms with van der Waals surface area (Å²) in [6, 6.07) is 7.92. The maximum absolute atomic E-state index is 13.2. The molecule has 7 nitrogen and oxygen atoms in total. The number of carbonyl (C=O) groups is 2. The van der Waals surface area contributed by atoms with Gasteiger partial charge in [0.2, 0.25) is 0 Å². The van der Waals surface area contributed by atoms with Crippen molar-refractivity contribution in [2.75, 3.05) is 11.9 Å². The third kappa shape index (κ3) is 4.37. The first kappa shape index (κ1) is 18.1. The van der Waals surface area contributed by atoms with Gasteiger partial charge >= 0.3 is 5.97 Å². The van der Waals surface area contributed by atoms with E-state index < -0.39 is 29.2 Å². The molecule has 0 aliphatic carbocycles. The molecule has 0 heterocycles. The molecule has 2 aromatic carbocycles. The number of nitro groups is 1. The van der Waals surface area contributed by atoms with Crippen molar-refractivity contribution in [1.82, 2.24) is 0 Å². The average molecular weight is 346 g/mol. The summed E-state index contributed by atoms with van der Waals surface area (Å²) in [5.41, 5.74) is 0.861. The minimum atomic E-state index is -0.854. The van der Waals surface area contributed by atoms with Crippen LogP contribution in [0, 0.1) is 29.8 Å². The molecule has 2 rings (SSSR count). The molecule has 0 aliphatic rings. The van der Waals surface area contributed by atoms with Gasteiger partial charge in [-0.15, -0.1) is 0 Å². The number of hydrogen-bond acceptors (Lipinski definition) is 5. The Labute approximate surface area is 142 Å². The molecule has 2 aromatic rings. The second kappa shape index (κ2) is 7.52. The smallest absolute Gasteiger partial charge is 0.339 e. The topological polar surface area (TPSA) is 98.5 Å². The van der Waals surface area contributed by atoms with Gasteiger partial charge in [0, 0.05) is 17.3 Å². The fourth-order valence-corrected chi connectivity index (χ4v) is 2.17. The molecule has 0 saturated heterocycles. The number of esters is 1. The summed E-state index contributed by atoms with van der Waals surface area (Å²) >= 11 is 0. The summed E-state index contributed by atoms with van der Waals surface area (Å²) < 4.78 is 18.1. The average Bonchev–Trinajstić information content (AvgIpc) is 2.56. The van der Waals surface area contributed by atoms with Gasteiger partial charge in [-0.25, -0.2) is 9.18 Å². The van der Waals surface area contributed by atoms with E-state index in [4.69, 9.17) is 4.74 Å². The van der Waals surface area contributed by atoms with Crippen molar-refractivity contribution in [3.8, 4) is 0 Å². The Hall–Kier alpha value is -3.29. The van der Waals surface area contributed by atoms with E-state index in [1.165, 1.54) is 37.3 Å². The third-order valence-electron chi connectivity index (χ3n) is 3.53. The van der Waals surface area contributed by atoms with Gasteiger partial charge in [0.1, 0.15) is 5.82 Å². The minimum Gasteiger partial charge on any atom is -0.452 e. The highest BCUT2D eigenvalue weighted by Crippen LogP contribution is 2.21. The predicted octanol–water partition coefficient (Wildman–Crippen LogP) is 3.15. The van der Waals surface area contributed by atoms with E-state index in [0.29, 0.717) is 5.56 Å². The number of carbonyl (C=O) groups excluding carboxylic acids is 2. The molecule has 0 radical (unpaired) electrons. The largest absolute Gasteiger partial charge is 0.452 e. The lowest BCUT2D eigenvalue weighted by Crippen LogP contribution is -2.21. The number of anilines is 1. The van der Waals surface area contributed by atoms with Crippen LogP contribution >= 0.6 is 0 Å². The van der Waals surface area contributed by atoms with E-state index in [9.17, 15) is 24.1 Å². The highest BCUT2D eigenvalue weighted by atomic mass is 19.1. The fourth-order valence-electron chi connectivity index (χ4n) is 2.17. The molecule has 130 valence electrons. The van der Waals surface area contributed by atoms with Crippen molar-refractivity contribution in [2.24, 2.45) is 0 Å². The molecule has 1 N–H and O–H groups in total. The van der Waals surface area contributed by atoms with Crippen molar-refractivity contribution >= 4 is 23.3 Å². The first-order valence-electron chi connectivity index (χ1n) is 7.26. The zero-order valence-corrected chi connectivity index (χ0v) is 13.5. The van der Waals surface area contributed by atoms with Crippen LogP contribution in [0.1, 0.15) is 21.5 Å². The van der Waals surface area contributed by atoms with Gasteiger partial charge in [-0.1, -0.05) is 12.1 Å². The van der Waals surface area contributed by atoms with E-state index in [2.05, 4.69) is 5.32 Å². The van der Waals surface area contributed by atoms with Crippen molar-refractivity contribution in [3.63, 3.8) is 0 Å². The quantitative estimate of drug-likeness (QED) is 0.509. The van der Waals surface area contributed by atoms with Crippen molar-refractivity contribution in [2.45, 2.75) is 13.8 Å². The molecule has 0 aromatic heterocycles. The fraction of sp³-hybridized carbons (Fsp3) is 0.176. The predicted molar refractivity (Wildman–Crippen MR) is 87.9 cm³/mol. The summed E-state index contributed by atoms with van der Waals surface area (Å²) in [5.74, 6) is -2.01. The van der Waals surface area contributed by atoms with Crippen LogP contribution in [0.3, 0.4) is 0 Å². The van der Waals surface area contributed by atoms with Crippen LogP contribution in [0.5, 0.6) is 0 Å². The minimum absolute atomic E-state index is 0.00364. The number of aryl methyl sites for hydroxylation is 1. The number of amides is 1. The molecule has 0 spiro atoms. The lowest BCUT2D eigenvalue weighted by atomic mass is 10.1. The number of benzene rings is 2. The number of nitro benzene ring substituents is 1. The Kier molecular flexibility index (Phi) is 5.43. The Morgan fingerprint density at radius 1 is 1.24 bits per heavy atom. The standard InChI is InChI=1S/C17H15FN2O5/c1-10-6-7-12(18)8-14(10)19-16(21)9-25-17(22)13-4-3-5-15(11(13)2)20(23)24/h3-8H,9H2,1-2H3,(H,19,21). The maximum Gasteiger partial charge on any atom is 0.339 e. The number of nitrogens with one attached hydrogen (secondary N) is 1. The van der Waals surface area contributed by atoms with Crippen LogP contribution in [-0.4, -0.2) is 23.4 Å². The number of nitrogens with zero attached hydrogens (tertiary/aromatic N) is 1. The molecule has 8 heteroatoms. The van der Waals surface area contributed by atoms with Gasteiger partial charge in [0.25, 0.3) is 11.6 Å². The molecule has 0 bridgehead atoms. The van der Waals surface area contributed by atoms with E-state index in [0.717, 1.165) is 6.07 Å². The van der Waals surface area contributed by atoms with Crippen molar-refractivity contribution in [1.29, 1.82) is 0 Å². The Morgan fingerprint density at radius 3 is 2.64 bits per heavy atom. The zero-order chi connectivity index (χ0) is 18.6. The maximum atomic E-state index is 13.2. The summed E-state index contributed by atoms with van der Waals surface area (Å²) in [7, 11) is 0. The van der Waals surface area contributed by atoms with Crippen LogP contribution in [-0.2, 0) is 9.53 Å². The summed E-state index contributed by atoms with van der Waals surface area (Å²) in [6.45, 7) is 2.51. The Bertz CT molecular complexity index is 851. The number of ether oxygens (including phenoxy) is 1. The van der Waals surface area contributed by atoms with Crippen LogP contribution in [0.15, 0.2) is 36.4 Å². The van der Waals surface area contributed by atoms with Crippen molar-refractivity contribution < 1.29 is 23.6 Å². The second-order valence-corrected chi connectivity index (χ2v) is 5.29. The van der Waals surface area contributed by atoms with Gasteiger partial charge in [0.05, 0.1) is 10.5 Å². The molecule has 1 amide bonds. The first-order valence-corrected chi connectivity index (χ1v) is 7.26. The lowest BCUT2D eigenvalue weighted by molar-refractivity contribution is -0.385. The van der Waals surface area contributed by atoms with Crippen LogP contribution < -0.4 is 5.32 Å². The second-order valence-electron chi connectivity index (χ2n) is 5.29. The van der Waals surface area contributed by atoms with Crippen LogP contribution in [0.2, 0.25) is 0 Å². The Morgan fingerprint density at radius 2 is 1.96 bits per heavy atom. The molecule has 0 atom stereocenters. The molecule has 0 saturated carbocycles. The van der Waals surface area contributed by atoms with Crippen molar-refractivity contribution in [3.05, 3.63) is 69.0 Å². The highest BCUT2D eigenvalue weighted by molar-refractivity contribution is 5.96. The molecular weight excluding hydrogens is 331 g/mol. The Balaban J connectivity index is 2.03. The first-order chi connectivity index (χ1) is 11.8. The van der Waals surface area contributed by atoms with E-state index in [1.54, 1.807) is 6.92 Å². The van der Waals surface area contributed by atoms with Gasteiger partial charge in [-0.2, -0.15) is 0 Å². The monoisotopic (exact) mass is 346 g/mol. The zero-order valence-electron chi connectivity index (χ0n) is 13.5.